The molecule has 0 heterocycles. The normalized spacial score (nSPS) is 13.8. The van der Waals surface area contributed by atoms with Gasteiger partial charge in [0.25, 0.3) is 0 Å². The van der Waals surface area contributed by atoms with Gasteiger partial charge in [-0.1, -0.05) is 0 Å². The van der Waals surface area contributed by atoms with E-state index in [9.17, 15) is 19.1 Å². The maximum atomic E-state index is 13.3. The number of carboxylic acid groups (broad SMARTS) is 1. The molecule has 0 aliphatic carbocycles. The molecule has 0 radical (unpaired) electrons. The summed E-state index contributed by atoms with van der Waals surface area (Å²) >= 11 is 0. The molecular weight excluding hydrogens is 307 g/mol. The molecule has 0 fully saturated rings. The number of carbonyl (C=O) groups excluding carboxylic acids is 1. The number of rotatable bonds is 5. The first-order valence-corrected chi connectivity index (χ1v) is 6.90. The van der Waals surface area contributed by atoms with Crippen LogP contribution in [0.15, 0.2) is 18.2 Å². The van der Waals surface area contributed by atoms with E-state index in [4.69, 9.17) is 9.84 Å². The average Bonchev–Trinajstić information content (AvgIpc) is 2.38. The van der Waals surface area contributed by atoms with E-state index in [0.717, 1.165) is 19.1 Å². The highest BCUT2D eigenvalue weighted by molar-refractivity contribution is 5.91. The van der Waals surface area contributed by atoms with Gasteiger partial charge in [0.05, 0.1) is 12.2 Å². The lowest BCUT2D eigenvalue weighted by molar-refractivity contribution is -0.155. The Labute approximate surface area is 133 Å². The number of amides is 2. The molecule has 0 aliphatic heterocycles. The molecule has 1 aromatic carbocycles. The van der Waals surface area contributed by atoms with Crippen LogP contribution in [0.2, 0.25) is 0 Å². The molecule has 1 aromatic rings. The summed E-state index contributed by atoms with van der Waals surface area (Å²) in [5.74, 6) is -1.85. The summed E-state index contributed by atoms with van der Waals surface area (Å²) in [5.41, 5.74) is -2.48. The quantitative estimate of drug-likeness (QED) is 0.661. The Morgan fingerprint density at radius 1 is 1.26 bits per heavy atom. The minimum absolute atomic E-state index is 0.137. The average molecular weight is 328 g/mol. The summed E-state index contributed by atoms with van der Waals surface area (Å²) in [6, 6.07) is 2.86. The second kappa shape index (κ2) is 6.82. The zero-order valence-electron chi connectivity index (χ0n) is 13.4. The first kappa shape index (κ1) is 18.7. The van der Waals surface area contributed by atoms with Gasteiger partial charge >= 0.3 is 12.0 Å². The number of benzene rings is 1. The van der Waals surface area contributed by atoms with Crippen LogP contribution in [0, 0.1) is 5.82 Å². The first-order valence-electron chi connectivity index (χ1n) is 6.90. The van der Waals surface area contributed by atoms with Gasteiger partial charge in [-0.15, -0.1) is 0 Å². The van der Waals surface area contributed by atoms with E-state index >= 15 is 0 Å². The Hall–Kier alpha value is -2.35. The minimum Gasteiger partial charge on any atom is -0.486 e. The third-order valence-electron chi connectivity index (χ3n) is 2.66. The van der Waals surface area contributed by atoms with Gasteiger partial charge in [-0.2, -0.15) is 0 Å². The number of urea groups is 1. The van der Waals surface area contributed by atoms with E-state index in [-0.39, 0.29) is 11.4 Å². The summed E-state index contributed by atoms with van der Waals surface area (Å²) in [6.07, 6.45) is 0. The van der Waals surface area contributed by atoms with Gasteiger partial charge in [-0.05, 0) is 39.8 Å². The molecule has 0 aliphatic rings. The van der Waals surface area contributed by atoms with Gasteiger partial charge in [0.2, 0.25) is 0 Å². The zero-order chi connectivity index (χ0) is 17.8. The third-order valence-corrected chi connectivity index (χ3v) is 2.66. The summed E-state index contributed by atoms with van der Waals surface area (Å²) < 4.78 is 18.9. The fourth-order valence-electron chi connectivity index (χ4n) is 1.51. The molecule has 1 rings (SSSR count). The number of carboxylic acids is 1. The highest BCUT2D eigenvalue weighted by Crippen LogP contribution is 2.28. The summed E-state index contributed by atoms with van der Waals surface area (Å²) in [5, 5.41) is 23.0. The monoisotopic (exact) mass is 328 g/mol. The Morgan fingerprint density at radius 3 is 2.39 bits per heavy atom. The minimum atomic E-state index is -2.09. The van der Waals surface area contributed by atoms with E-state index in [2.05, 4.69) is 10.6 Å². The van der Waals surface area contributed by atoms with E-state index in [1.54, 1.807) is 20.8 Å². The van der Waals surface area contributed by atoms with Gasteiger partial charge in [0.15, 0.2) is 5.60 Å². The fourth-order valence-corrected chi connectivity index (χ4v) is 1.51. The zero-order valence-corrected chi connectivity index (χ0v) is 13.4. The lowest BCUT2D eigenvalue weighted by Crippen LogP contribution is -2.47. The van der Waals surface area contributed by atoms with Gasteiger partial charge in [0, 0.05) is 6.07 Å². The van der Waals surface area contributed by atoms with Crippen LogP contribution in [0.5, 0.6) is 5.75 Å². The molecular formula is C15H21FN2O5. The summed E-state index contributed by atoms with van der Waals surface area (Å²) in [4.78, 5) is 22.6. The number of aliphatic carboxylic acids is 1. The van der Waals surface area contributed by atoms with E-state index in [1.807, 2.05) is 0 Å². The van der Waals surface area contributed by atoms with Crippen molar-refractivity contribution in [2.75, 3.05) is 11.9 Å². The van der Waals surface area contributed by atoms with Crippen LogP contribution in [-0.4, -0.2) is 40.0 Å². The fraction of sp³-hybridized carbons (Fsp3) is 0.467. The number of hydrogen-bond donors (Lipinski definition) is 4. The Balaban J connectivity index is 2.80. The Morgan fingerprint density at radius 2 is 1.87 bits per heavy atom. The number of hydrogen-bond acceptors (Lipinski definition) is 4. The molecule has 1 unspecified atom stereocenters. The van der Waals surface area contributed by atoms with Crippen molar-refractivity contribution in [1.82, 2.24) is 5.32 Å². The molecule has 0 spiro atoms. The van der Waals surface area contributed by atoms with Gasteiger partial charge in [0.1, 0.15) is 17.2 Å². The number of anilines is 1. The first-order chi connectivity index (χ1) is 10.4. The second-order valence-electron chi connectivity index (χ2n) is 6.24. The maximum Gasteiger partial charge on any atom is 0.337 e. The van der Waals surface area contributed by atoms with Gasteiger partial charge in [-0.3, -0.25) is 0 Å². The second-order valence-corrected chi connectivity index (χ2v) is 6.24. The highest BCUT2D eigenvalue weighted by atomic mass is 19.1. The Kier molecular flexibility index (Phi) is 5.55. The number of carbonyl (C=O) groups is 2. The topological polar surface area (TPSA) is 108 Å². The van der Waals surface area contributed by atoms with Crippen LogP contribution in [0.25, 0.3) is 0 Å². The molecule has 128 valence electrons. The molecule has 4 N–H and O–H groups in total. The molecule has 1 atom stereocenters. The third kappa shape index (κ3) is 6.11. The van der Waals surface area contributed by atoms with Crippen molar-refractivity contribution in [1.29, 1.82) is 0 Å². The van der Waals surface area contributed by atoms with Crippen LogP contribution in [-0.2, 0) is 4.79 Å². The van der Waals surface area contributed by atoms with Crippen LogP contribution in [0.1, 0.15) is 27.7 Å². The van der Waals surface area contributed by atoms with Crippen molar-refractivity contribution in [2.24, 2.45) is 0 Å². The molecule has 2 amide bonds. The van der Waals surface area contributed by atoms with Crippen LogP contribution < -0.4 is 15.4 Å². The van der Waals surface area contributed by atoms with E-state index in [0.29, 0.717) is 0 Å². The van der Waals surface area contributed by atoms with Crippen LogP contribution in [0.3, 0.4) is 0 Å². The smallest absolute Gasteiger partial charge is 0.337 e. The van der Waals surface area contributed by atoms with Crippen molar-refractivity contribution >= 4 is 17.7 Å². The van der Waals surface area contributed by atoms with Crippen LogP contribution >= 0.6 is 0 Å². The predicted octanol–water partition coefficient (Wildman–Crippen LogP) is 1.96. The molecule has 0 aromatic heterocycles. The summed E-state index contributed by atoms with van der Waals surface area (Å²) in [6.45, 7) is 5.87. The maximum absolute atomic E-state index is 13.3. The lowest BCUT2D eigenvalue weighted by atomic mass is 10.1. The van der Waals surface area contributed by atoms with Crippen molar-refractivity contribution in [2.45, 2.75) is 38.9 Å². The predicted molar refractivity (Wildman–Crippen MR) is 82.1 cm³/mol. The molecule has 7 nitrogen and oxygen atoms in total. The molecule has 0 bridgehead atoms. The summed E-state index contributed by atoms with van der Waals surface area (Å²) in [7, 11) is 0. The Bertz CT molecular complexity index is 596. The van der Waals surface area contributed by atoms with Gasteiger partial charge in [-0.25, -0.2) is 14.0 Å². The van der Waals surface area contributed by atoms with Crippen molar-refractivity contribution in [3.05, 3.63) is 24.0 Å². The number of halogens is 1. The molecule has 0 saturated carbocycles. The molecule has 8 heteroatoms. The van der Waals surface area contributed by atoms with E-state index in [1.165, 1.54) is 6.07 Å². The number of aliphatic hydroxyl groups is 1. The SMILES string of the molecule is CC(C)(C)Oc1cc(F)ccc1NC(=O)NCC(C)(O)C(=O)O. The largest absolute Gasteiger partial charge is 0.486 e. The van der Waals surface area contributed by atoms with Crippen LogP contribution in [0.4, 0.5) is 14.9 Å². The van der Waals surface area contributed by atoms with Crippen molar-refractivity contribution in [3.8, 4) is 5.75 Å². The molecule has 23 heavy (non-hydrogen) atoms. The lowest BCUT2D eigenvalue weighted by Gasteiger charge is -2.24. The number of ether oxygens (including phenoxy) is 1. The molecule has 0 saturated heterocycles. The van der Waals surface area contributed by atoms with E-state index < -0.39 is 35.6 Å². The number of nitrogens with one attached hydrogen (secondary N) is 2. The van der Waals surface area contributed by atoms with Crippen molar-refractivity contribution < 1.29 is 28.9 Å². The van der Waals surface area contributed by atoms with Gasteiger partial charge < -0.3 is 25.6 Å². The standard InChI is InChI=1S/C15H21FN2O5/c1-14(2,3)23-11-7-9(16)5-6-10(11)18-13(21)17-8-15(4,22)12(19)20/h5-7,22H,8H2,1-4H3,(H,19,20)(H2,17,18,21). The highest BCUT2D eigenvalue weighted by Gasteiger charge is 2.30. The van der Waals surface area contributed by atoms with Crippen molar-refractivity contribution in [3.63, 3.8) is 0 Å².